The Kier molecular flexibility index (Phi) is 8.32. The van der Waals surface area contributed by atoms with Gasteiger partial charge in [0.2, 0.25) is 5.95 Å². The van der Waals surface area contributed by atoms with Gasteiger partial charge < -0.3 is 24.8 Å². The molecular formula is C30H33ClN6O6. The molecular weight excluding hydrogens is 576 g/mol. The number of rotatable bonds is 7. The number of fused-ring (bicyclic) bond motifs is 1. The first-order chi connectivity index (χ1) is 20.4. The molecule has 2 aromatic heterocycles. The lowest BCUT2D eigenvalue weighted by molar-refractivity contribution is 0.0499. The Morgan fingerprint density at radius 2 is 1.84 bits per heavy atom. The summed E-state index contributed by atoms with van der Waals surface area (Å²) in [7, 11) is 1.55. The molecule has 13 heteroatoms. The van der Waals surface area contributed by atoms with E-state index in [1.54, 1.807) is 17.7 Å². The highest BCUT2D eigenvalue weighted by Crippen LogP contribution is 2.28. The van der Waals surface area contributed by atoms with Gasteiger partial charge in [-0.25, -0.2) is 9.59 Å². The summed E-state index contributed by atoms with van der Waals surface area (Å²) in [6, 6.07) is 13.0. The maximum Gasteiger partial charge on any atom is 0.407 e. The smallest absolute Gasteiger partial charge is 0.407 e. The minimum Gasteiger partial charge on any atom is -0.478 e. The predicted molar refractivity (Wildman–Crippen MR) is 161 cm³/mol. The Balaban J connectivity index is 1.53. The number of carboxylic acids is 1. The largest absolute Gasteiger partial charge is 0.478 e. The van der Waals surface area contributed by atoms with E-state index < -0.39 is 17.7 Å². The third-order valence-electron chi connectivity index (χ3n) is 6.95. The summed E-state index contributed by atoms with van der Waals surface area (Å²) in [6.45, 7) is 6.80. The minimum absolute atomic E-state index is 0.00219. The van der Waals surface area contributed by atoms with Crippen molar-refractivity contribution in [2.75, 3.05) is 18.0 Å². The SMILES string of the molecule is Cn1c(Oc2ccc(C(=O)O)cc2)nc2nc(N3CCC[C@@H](NC(=O)OC(C)(C)C)C3)n(Cc3ccccc3Cl)c2c1=O. The minimum atomic E-state index is -1.06. The zero-order valence-corrected chi connectivity index (χ0v) is 25.1. The van der Waals surface area contributed by atoms with E-state index in [-0.39, 0.29) is 40.9 Å². The van der Waals surface area contributed by atoms with Crippen LogP contribution in [0.4, 0.5) is 10.7 Å². The Morgan fingerprint density at radius 3 is 2.51 bits per heavy atom. The Hall–Kier alpha value is -4.58. The number of carbonyl (C=O) groups is 2. The van der Waals surface area contributed by atoms with E-state index in [1.165, 1.54) is 28.8 Å². The van der Waals surface area contributed by atoms with Gasteiger partial charge in [-0.05, 0) is 69.5 Å². The lowest BCUT2D eigenvalue weighted by atomic mass is 10.1. The lowest BCUT2D eigenvalue weighted by Crippen LogP contribution is -2.49. The van der Waals surface area contributed by atoms with E-state index in [0.717, 1.165) is 18.4 Å². The van der Waals surface area contributed by atoms with Gasteiger partial charge in [0.15, 0.2) is 11.2 Å². The van der Waals surface area contributed by atoms with Crippen LogP contribution in [-0.2, 0) is 18.3 Å². The van der Waals surface area contributed by atoms with Gasteiger partial charge in [-0.15, -0.1) is 0 Å². The molecule has 12 nitrogen and oxygen atoms in total. The maximum absolute atomic E-state index is 13.8. The molecule has 1 amide bonds. The molecule has 1 atom stereocenters. The summed E-state index contributed by atoms with van der Waals surface area (Å²) < 4.78 is 14.4. The van der Waals surface area contributed by atoms with Crippen LogP contribution in [0.1, 0.15) is 49.5 Å². The zero-order valence-electron chi connectivity index (χ0n) is 24.3. The third kappa shape index (κ3) is 6.75. The normalized spacial score (nSPS) is 15.4. The molecule has 5 rings (SSSR count). The number of alkyl carbamates (subject to hydrolysis) is 1. The molecule has 2 N–H and O–H groups in total. The highest BCUT2D eigenvalue weighted by molar-refractivity contribution is 6.31. The highest BCUT2D eigenvalue weighted by Gasteiger charge is 2.29. The first-order valence-corrected chi connectivity index (χ1v) is 14.2. The van der Waals surface area contributed by atoms with Crippen molar-refractivity contribution in [3.63, 3.8) is 0 Å². The Morgan fingerprint density at radius 1 is 1.12 bits per heavy atom. The summed E-state index contributed by atoms with van der Waals surface area (Å²) in [5, 5.41) is 12.7. The second-order valence-electron chi connectivity index (χ2n) is 11.4. The van der Waals surface area contributed by atoms with E-state index in [2.05, 4.69) is 10.3 Å². The molecule has 3 heterocycles. The molecule has 0 bridgehead atoms. The van der Waals surface area contributed by atoms with Crippen molar-refractivity contribution < 1.29 is 24.2 Å². The molecule has 0 spiro atoms. The molecule has 226 valence electrons. The van der Waals surface area contributed by atoms with E-state index in [4.69, 9.17) is 26.1 Å². The number of hydrogen-bond acceptors (Lipinski definition) is 8. The third-order valence-corrected chi connectivity index (χ3v) is 7.32. The number of carboxylic acid groups (broad SMARTS) is 1. The van der Waals surface area contributed by atoms with E-state index in [9.17, 15) is 19.5 Å². The summed E-state index contributed by atoms with van der Waals surface area (Å²) in [5.41, 5.74) is 0.358. The fourth-order valence-corrected chi connectivity index (χ4v) is 5.13. The average Bonchev–Trinajstić information content (AvgIpc) is 3.30. The molecule has 43 heavy (non-hydrogen) atoms. The van der Waals surface area contributed by atoms with Crippen molar-refractivity contribution in [1.29, 1.82) is 0 Å². The number of aromatic nitrogens is 4. The zero-order chi connectivity index (χ0) is 30.9. The number of carbonyl (C=O) groups excluding carboxylic acids is 1. The molecule has 0 saturated carbocycles. The summed E-state index contributed by atoms with van der Waals surface area (Å²) in [6.07, 6.45) is 1.05. The van der Waals surface area contributed by atoms with Crippen LogP contribution >= 0.6 is 11.6 Å². The molecule has 1 fully saturated rings. The van der Waals surface area contributed by atoms with Crippen LogP contribution in [0.3, 0.4) is 0 Å². The fraction of sp³-hybridized carbons (Fsp3) is 0.367. The molecule has 1 aliphatic rings. The van der Waals surface area contributed by atoms with Crippen LogP contribution in [0.2, 0.25) is 5.02 Å². The molecule has 2 aromatic carbocycles. The van der Waals surface area contributed by atoms with Crippen molar-refractivity contribution in [3.05, 3.63) is 75.0 Å². The van der Waals surface area contributed by atoms with Gasteiger partial charge in [-0.3, -0.25) is 13.9 Å². The van der Waals surface area contributed by atoms with Gasteiger partial charge in [0.25, 0.3) is 5.56 Å². The van der Waals surface area contributed by atoms with Crippen LogP contribution in [-0.4, -0.2) is 61.0 Å². The topological polar surface area (TPSA) is 141 Å². The van der Waals surface area contributed by atoms with Crippen molar-refractivity contribution in [3.8, 4) is 11.8 Å². The van der Waals surface area contributed by atoms with Crippen molar-refractivity contribution >= 4 is 40.8 Å². The fourth-order valence-electron chi connectivity index (χ4n) is 4.93. The molecule has 0 aliphatic carbocycles. The van der Waals surface area contributed by atoms with E-state index >= 15 is 0 Å². The molecule has 4 aromatic rings. The summed E-state index contributed by atoms with van der Waals surface area (Å²) >= 11 is 6.52. The quantitative estimate of drug-likeness (QED) is 0.302. The number of hydrogen-bond donors (Lipinski definition) is 2. The molecule has 1 saturated heterocycles. The van der Waals surface area contributed by atoms with E-state index in [1.807, 2.05) is 43.9 Å². The summed E-state index contributed by atoms with van der Waals surface area (Å²) in [4.78, 5) is 48.9. The highest BCUT2D eigenvalue weighted by atomic mass is 35.5. The second kappa shape index (κ2) is 12.0. The number of nitrogens with zero attached hydrogens (tertiary/aromatic N) is 5. The summed E-state index contributed by atoms with van der Waals surface area (Å²) in [5.74, 6) is -0.232. The molecule has 0 unspecified atom stereocenters. The standard InChI is InChI=1S/C30H33ClN6O6/c1-30(2,3)43-29(41)32-20-9-7-15-36(17-20)27-33-24-23(37(27)16-19-8-5-6-10-22(19)31)25(38)35(4)28(34-24)42-21-13-11-18(12-14-21)26(39)40/h5-6,8,10-14,20H,7,9,15-17H2,1-4H3,(H,32,41)(H,39,40)/t20-/m1/s1. The van der Waals surface area contributed by atoms with Crippen molar-refractivity contribution in [1.82, 2.24) is 24.4 Å². The first kappa shape index (κ1) is 29.9. The predicted octanol–water partition coefficient (Wildman–Crippen LogP) is 4.82. The van der Waals surface area contributed by atoms with Gasteiger partial charge in [-0.1, -0.05) is 29.8 Å². The number of piperidine rings is 1. The number of amides is 1. The molecule has 0 radical (unpaired) electrons. The van der Waals surface area contributed by atoms with Crippen LogP contribution < -0.4 is 20.5 Å². The van der Waals surface area contributed by atoms with Gasteiger partial charge in [0, 0.05) is 31.2 Å². The van der Waals surface area contributed by atoms with Gasteiger partial charge in [-0.2, -0.15) is 9.97 Å². The Labute approximate surface area is 252 Å². The van der Waals surface area contributed by atoms with E-state index in [0.29, 0.717) is 29.8 Å². The van der Waals surface area contributed by atoms with Gasteiger partial charge in [0.05, 0.1) is 12.1 Å². The second-order valence-corrected chi connectivity index (χ2v) is 11.8. The molecule has 1 aliphatic heterocycles. The lowest BCUT2D eigenvalue weighted by Gasteiger charge is -2.34. The van der Waals surface area contributed by atoms with Crippen molar-refractivity contribution in [2.24, 2.45) is 7.05 Å². The number of nitrogens with one attached hydrogen (secondary N) is 1. The number of anilines is 1. The number of halogens is 1. The number of benzene rings is 2. The van der Waals surface area contributed by atoms with Gasteiger partial charge >= 0.3 is 18.1 Å². The van der Waals surface area contributed by atoms with Crippen molar-refractivity contribution in [2.45, 2.75) is 51.8 Å². The Bertz CT molecular complexity index is 1730. The van der Waals surface area contributed by atoms with Gasteiger partial charge in [0.1, 0.15) is 11.4 Å². The van der Waals surface area contributed by atoms with Crippen LogP contribution in [0.5, 0.6) is 11.8 Å². The van der Waals surface area contributed by atoms with Crippen LogP contribution in [0, 0.1) is 0 Å². The number of ether oxygens (including phenoxy) is 2. The maximum atomic E-state index is 13.8. The number of aromatic carboxylic acids is 1. The first-order valence-electron chi connectivity index (χ1n) is 13.9. The average molecular weight is 609 g/mol. The number of imidazole rings is 1. The van der Waals surface area contributed by atoms with Crippen LogP contribution in [0.15, 0.2) is 53.3 Å². The monoisotopic (exact) mass is 608 g/mol. The van der Waals surface area contributed by atoms with Crippen LogP contribution in [0.25, 0.3) is 11.2 Å².